The van der Waals surface area contributed by atoms with Gasteiger partial charge < -0.3 is 15.7 Å². The summed E-state index contributed by atoms with van der Waals surface area (Å²) in [6.07, 6.45) is 0. The van der Waals surface area contributed by atoms with Crippen LogP contribution in [-0.2, 0) is 0 Å². The largest absolute Gasteiger partial charge is 0.395 e. The Morgan fingerprint density at radius 1 is 1.60 bits per heavy atom. The molecule has 0 aromatic carbocycles. The molecule has 4 nitrogen and oxygen atoms in total. The minimum absolute atomic E-state index is 0.0342. The quantitative estimate of drug-likeness (QED) is 0.708. The second kappa shape index (κ2) is 6.42. The number of aliphatic hydroxyl groups excluding tert-OH is 1. The lowest BCUT2D eigenvalue weighted by atomic mass is 10.1. The zero-order valence-corrected chi connectivity index (χ0v) is 9.51. The fraction of sp³-hybridized carbons (Fsp3) is 0.500. The molecule has 0 saturated heterocycles. The van der Waals surface area contributed by atoms with Crippen molar-refractivity contribution in [1.82, 2.24) is 10.6 Å². The summed E-state index contributed by atoms with van der Waals surface area (Å²) in [6.45, 7) is 2.93. The van der Waals surface area contributed by atoms with Gasteiger partial charge in [-0.3, -0.25) is 0 Å². The topological polar surface area (TPSA) is 61.4 Å². The molecule has 84 valence electrons. The van der Waals surface area contributed by atoms with E-state index in [1.807, 2.05) is 5.38 Å². The van der Waals surface area contributed by atoms with Crippen molar-refractivity contribution in [2.24, 2.45) is 0 Å². The van der Waals surface area contributed by atoms with Crippen LogP contribution in [0.25, 0.3) is 0 Å². The van der Waals surface area contributed by atoms with Crippen molar-refractivity contribution in [2.75, 3.05) is 19.7 Å². The highest BCUT2D eigenvalue weighted by molar-refractivity contribution is 7.07. The van der Waals surface area contributed by atoms with Crippen LogP contribution in [0, 0.1) is 0 Å². The van der Waals surface area contributed by atoms with Gasteiger partial charge in [-0.05, 0) is 28.3 Å². The molecule has 2 amide bonds. The van der Waals surface area contributed by atoms with Crippen molar-refractivity contribution in [3.63, 3.8) is 0 Å². The number of hydrogen-bond acceptors (Lipinski definition) is 3. The number of rotatable bonds is 5. The molecule has 0 saturated carbocycles. The summed E-state index contributed by atoms with van der Waals surface area (Å²) >= 11 is 1.65. The Labute approximate surface area is 93.3 Å². The number of aliphatic hydroxyl groups is 1. The fourth-order valence-electron chi connectivity index (χ4n) is 1.15. The molecule has 0 radical (unpaired) electrons. The van der Waals surface area contributed by atoms with Crippen LogP contribution in [0.5, 0.6) is 0 Å². The molecule has 1 aromatic rings. The molecule has 0 aliphatic heterocycles. The molecule has 0 spiro atoms. The molecule has 15 heavy (non-hydrogen) atoms. The maximum Gasteiger partial charge on any atom is 0.314 e. The minimum atomic E-state index is -0.230. The average Bonchev–Trinajstić information content (AvgIpc) is 2.76. The Balaban J connectivity index is 2.22. The van der Waals surface area contributed by atoms with E-state index in [1.165, 1.54) is 5.56 Å². The van der Waals surface area contributed by atoms with Crippen LogP contribution < -0.4 is 10.6 Å². The van der Waals surface area contributed by atoms with Gasteiger partial charge in [-0.1, -0.05) is 6.92 Å². The lowest BCUT2D eigenvalue weighted by molar-refractivity contribution is 0.234. The molecule has 3 N–H and O–H groups in total. The molecule has 1 rings (SSSR count). The van der Waals surface area contributed by atoms with Gasteiger partial charge in [0, 0.05) is 13.1 Å². The molecule has 5 heteroatoms. The fourth-order valence-corrected chi connectivity index (χ4v) is 1.93. The van der Waals surface area contributed by atoms with Crippen LogP contribution in [0.15, 0.2) is 16.8 Å². The van der Waals surface area contributed by atoms with E-state index in [9.17, 15) is 4.79 Å². The van der Waals surface area contributed by atoms with E-state index < -0.39 is 0 Å². The monoisotopic (exact) mass is 228 g/mol. The molecule has 0 bridgehead atoms. The number of carbonyl (C=O) groups excluding carboxylic acids is 1. The molecular weight excluding hydrogens is 212 g/mol. The summed E-state index contributed by atoms with van der Waals surface area (Å²) in [6, 6.07) is 1.83. The second-order valence-corrected chi connectivity index (χ2v) is 4.10. The van der Waals surface area contributed by atoms with Gasteiger partial charge in [0.15, 0.2) is 0 Å². The highest BCUT2D eigenvalue weighted by atomic mass is 32.1. The molecular formula is C10H16N2O2S. The predicted molar refractivity (Wildman–Crippen MR) is 61.2 cm³/mol. The van der Waals surface area contributed by atoms with Crippen molar-refractivity contribution >= 4 is 17.4 Å². The number of hydrogen-bond donors (Lipinski definition) is 3. The van der Waals surface area contributed by atoms with Gasteiger partial charge in [0.25, 0.3) is 0 Å². The molecule has 1 aromatic heterocycles. The third kappa shape index (κ3) is 4.31. The van der Waals surface area contributed by atoms with Crippen LogP contribution in [0.2, 0.25) is 0 Å². The number of carbonyl (C=O) groups is 1. The summed E-state index contributed by atoms with van der Waals surface area (Å²) in [7, 11) is 0. The molecule has 1 unspecified atom stereocenters. The van der Waals surface area contributed by atoms with Gasteiger partial charge in [-0.15, -0.1) is 0 Å². The van der Waals surface area contributed by atoms with E-state index in [-0.39, 0.29) is 12.6 Å². The van der Waals surface area contributed by atoms with Gasteiger partial charge in [0.2, 0.25) is 0 Å². The van der Waals surface area contributed by atoms with E-state index in [0.29, 0.717) is 19.0 Å². The summed E-state index contributed by atoms with van der Waals surface area (Å²) < 4.78 is 0. The Bertz CT molecular complexity index is 288. The average molecular weight is 228 g/mol. The normalized spacial score (nSPS) is 12.1. The standard InChI is InChI=1S/C10H16N2O2S/c1-8(9-2-5-15-7-9)6-12-10(14)11-3-4-13/h2,5,7-8,13H,3-4,6H2,1H3,(H2,11,12,14). The first-order valence-electron chi connectivity index (χ1n) is 4.88. The molecule has 1 atom stereocenters. The second-order valence-electron chi connectivity index (χ2n) is 3.32. The maximum atomic E-state index is 11.1. The van der Waals surface area contributed by atoms with Crippen LogP contribution in [0.1, 0.15) is 18.4 Å². The van der Waals surface area contributed by atoms with Crippen LogP contribution >= 0.6 is 11.3 Å². The van der Waals surface area contributed by atoms with Gasteiger partial charge in [0.1, 0.15) is 0 Å². The van der Waals surface area contributed by atoms with E-state index >= 15 is 0 Å². The summed E-state index contributed by atoms with van der Waals surface area (Å²) in [5.41, 5.74) is 1.24. The summed E-state index contributed by atoms with van der Waals surface area (Å²) in [5.74, 6) is 0.316. The smallest absolute Gasteiger partial charge is 0.314 e. The SMILES string of the molecule is CC(CNC(=O)NCCO)c1ccsc1. The maximum absolute atomic E-state index is 11.1. The first-order valence-corrected chi connectivity index (χ1v) is 5.83. The van der Waals surface area contributed by atoms with Crippen LogP contribution in [0.4, 0.5) is 4.79 Å². The molecule has 0 aliphatic rings. The van der Waals surface area contributed by atoms with E-state index in [2.05, 4.69) is 29.0 Å². The highest BCUT2D eigenvalue weighted by Crippen LogP contribution is 2.16. The van der Waals surface area contributed by atoms with Crippen molar-refractivity contribution in [3.8, 4) is 0 Å². The van der Waals surface area contributed by atoms with Gasteiger partial charge in [-0.25, -0.2) is 4.79 Å². The highest BCUT2D eigenvalue weighted by Gasteiger charge is 2.07. The van der Waals surface area contributed by atoms with Gasteiger partial charge in [0.05, 0.1) is 6.61 Å². The Morgan fingerprint density at radius 3 is 3.00 bits per heavy atom. The van der Waals surface area contributed by atoms with Crippen molar-refractivity contribution in [2.45, 2.75) is 12.8 Å². The van der Waals surface area contributed by atoms with Crippen molar-refractivity contribution in [1.29, 1.82) is 0 Å². The summed E-state index contributed by atoms with van der Waals surface area (Å²) in [4.78, 5) is 11.1. The molecule has 0 aliphatic carbocycles. The zero-order valence-electron chi connectivity index (χ0n) is 8.69. The number of amides is 2. The third-order valence-corrected chi connectivity index (χ3v) is 2.78. The third-order valence-electron chi connectivity index (χ3n) is 2.08. The van der Waals surface area contributed by atoms with E-state index in [1.54, 1.807) is 11.3 Å². The zero-order chi connectivity index (χ0) is 11.1. The summed E-state index contributed by atoms with van der Waals surface area (Å²) in [5, 5.41) is 17.9. The van der Waals surface area contributed by atoms with E-state index in [0.717, 1.165) is 0 Å². The Morgan fingerprint density at radius 2 is 2.40 bits per heavy atom. The number of urea groups is 1. The Hall–Kier alpha value is -1.07. The van der Waals surface area contributed by atoms with E-state index in [4.69, 9.17) is 5.11 Å². The van der Waals surface area contributed by atoms with Crippen molar-refractivity contribution < 1.29 is 9.90 Å². The first-order chi connectivity index (χ1) is 7.24. The van der Waals surface area contributed by atoms with Gasteiger partial charge >= 0.3 is 6.03 Å². The van der Waals surface area contributed by atoms with Crippen molar-refractivity contribution in [3.05, 3.63) is 22.4 Å². The first kappa shape index (κ1) is 12.0. The number of nitrogens with one attached hydrogen (secondary N) is 2. The van der Waals surface area contributed by atoms with Gasteiger partial charge in [-0.2, -0.15) is 11.3 Å². The lowest BCUT2D eigenvalue weighted by Crippen LogP contribution is -2.38. The minimum Gasteiger partial charge on any atom is -0.395 e. The molecule has 1 heterocycles. The number of thiophene rings is 1. The van der Waals surface area contributed by atoms with Crippen LogP contribution in [0.3, 0.4) is 0 Å². The van der Waals surface area contributed by atoms with Crippen LogP contribution in [-0.4, -0.2) is 30.8 Å². The molecule has 0 fully saturated rings. The lowest BCUT2D eigenvalue weighted by Gasteiger charge is -2.11. The predicted octanol–water partition coefficient (Wildman–Crippen LogP) is 1.14. The Kier molecular flexibility index (Phi) is 5.14.